The Bertz CT molecular complexity index is 680. The summed E-state index contributed by atoms with van der Waals surface area (Å²) >= 11 is 9.39. The Kier molecular flexibility index (Phi) is 4.85. The number of alkyl halides is 1. The summed E-state index contributed by atoms with van der Waals surface area (Å²) in [5, 5.41) is 12.4. The molecule has 0 radical (unpaired) electrons. The summed E-state index contributed by atoms with van der Waals surface area (Å²) in [7, 11) is 0. The topological polar surface area (TPSA) is 52.4 Å². The summed E-state index contributed by atoms with van der Waals surface area (Å²) in [4.78, 5) is 10.7. The van der Waals surface area contributed by atoms with Crippen LogP contribution in [-0.4, -0.2) is 4.92 Å². The van der Waals surface area contributed by atoms with E-state index >= 15 is 0 Å². The summed E-state index contributed by atoms with van der Waals surface area (Å²) in [6, 6.07) is 8.41. The standard InChI is InChI=1S/C15H13BrClNO3/c1-9-5-12(6-10(2)15(9)17)21-14-4-3-11(8-16)7-13(14)18(19)20/h3-7H,8H2,1-2H3. The van der Waals surface area contributed by atoms with Crippen molar-refractivity contribution in [3.63, 3.8) is 0 Å². The highest BCUT2D eigenvalue weighted by atomic mass is 79.9. The van der Waals surface area contributed by atoms with Gasteiger partial charge in [-0.25, -0.2) is 0 Å². The molecule has 0 aliphatic carbocycles. The number of hydrogen-bond acceptors (Lipinski definition) is 3. The number of hydrogen-bond donors (Lipinski definition) is 0. The van der Waals surface area contributed by atoms with E-state index in [1.165, 1.54) is 6.07 Å². The van der Waals surface area contributed by atoms with Crippen LogP contribution >= 0.6 is 27.5 Å². The molecule has 21 heavy (non-hydrogen) atoms. The summed E-state index contributed by atoms with van der Waals surface area (Å²) in [5.74, 6) is 0.745. The van der Waals surface area contributed by atoms with Crippen molar-refractivity contribution in [2.24, 2.45) is 0 Å². The highest BCUT2D eigenvalue weighted by Gasteiger charge is 2.17. The van der Waals surface area contributed by atoms with Crippen molar-refractivity contribution < 1.29 is 9.66 Å². The van der Waals surface area contributed by atoms with E-state index in [2.05, 4.69) is 15.9 Å². The predicted molar refractivity (Wildman–Crippen MR) is 86.7 cm³/mol. The van der Waals surface area contributed by atoms with Crippen LogP contribution in [0.5, 0.6) is 11.5 Å². The Morgan fingerprint density at radius 1 is 1.24 bits per heavy atom. The summed E-state index contributed by atoms with van der Waals surface area (Å²) in [6.45, 7) is 3.73. The molecular weight excluding hydrogens is 358 g/mol. The number of nitrogens with zero attached hydrogens (tertiary/aromatic N) is 1. The SMILES string of the molecule is Cc1cc(Oc2ccc(CBr)cc2[N+](=O)[O-])cc(C)c1Cl. The minimum atomic E-state index is -0.447. The lowest BCUT2D eigenvalue weighted by Crippen LogP contribution is -1.95. The van der Waals surface area contributed by atoms with Gasteiger partial charge in [-0.3, -0.25) is 10.1 Å². The second-order valence-electron chi connectivity index (χ2n) is 4.67. The van der Waals surface area contributed by atoms with Gasteiger partial charge >= 0.3 is 5.69 Å². The Labute approximate surface area is 136 Å². The van der Waals surface area contributed by atoms with Crippen molar-refractivity contribution in [1.29, 1.82) is 0 Å². The molecule has 0 saturated carbocycles. The maximum absolute atomic E-state index is 11.2. The molecule has 110 valence electrons. The number of nitro benzene ring substituents is 1. The third-order valence-corrected chi connectivity index (χ3v) is 4.26. The van der Waals surface area contributed by atoms with E-state index in [0.717, 1.165) is 16.7 Å². The van der Waals surface area contributed by atoms with Crippen LogP contribution in [0.4, 0.5) is 5.69 Å². The smallest absolute Gasteiger partial charge is 0.311 e. The third kappa shape index (κ3) is 3.54. The molecule has 0 saturated heterocycles. The van der Waals surface area contributed by atoms with Crippen LogP contribution in [0.3, 0.4) is 0 Å². The Morgan fingerprint density at radius 3 is 2.38 bits per heavy atom. The zero-order valence-electron chi connectivity index (χ0n) is 11.5. The van der Waals surface area contributed by atoms with Crippen molar-refractivity contribution >= 4 is 33.2 Å². The molecular formula is C15H13BrClNO3. The fourth-order valence-corrected chi connectivity index (χ4v) is 2.43. The van der Waals surface area contributed by atoms with E-state index in [-0.39, 0.29) is 11.4 Å². The molecule has 0 aliphatic heterocycles. The van der Waals surface area contributed by atoms with Gasteiger partial charge in [0.1, 0.15) is 5.75 Å². The number of aryl methyl sites for hydroxylation is 2. The van der Waals surface area contributed by atoms with Crippen molar-refractivity contribution in [3.8, 4) is 11.5 Å². The molecule has 2 aromatic carbocycles. The van der Waals surface area contributed by atoms with E-state index in [4.69, 9.17) is 16.3 Å². The molecule has 4 nitrogen and oxygen atoms in total. The van der Waals surface area contributed by atoms with E-state index < -0.39 is 4.92 Å². The first-order valence-electron chi connectivity index (χ1n) is 6.20. The normalized spacial score (nSPS) is 10.5. The van der Waals surface area contributed by atoms with Crippen LogP contribution < -0.4 is 4.74 Å². The molecule has 2 rings (SSSR count). The van der Waals surface area contributed by atoms with Crippen LogP contribution in [-0.2, 0) is 5.33 Å². The van der Waals surface area contributed by atoms with Crippen LogP contribution in [0.25, 0.3) is 0 Å². The molecule has 0 unspecified atom stereocenters. The van der Waals surface area contributed by atoms with Gasteiger partial charge in [-0.2, -0.15) is 0 Å². The number of ether oxygens (including phenoxy) is 1. The molecule has 0 aromatic heterocycles. The van der Waals surface area contributed by atoms with Crippen LogP contribution in [0.15, 0.2) is 30.3 Å². The highest BCUT2D eigenvalue weighted by molar-refractivity contribution is 9.08. The Balaban J connectivity index is 2.42. The minimum Gasteiger partial charge on any atom is -0.450 e. The fourth-order valence-electron chi connectivity index (χ4n) is 1.97. The first kappa shape index (κ1) is 15.8. The van der Waals surface area contributed by atoms with Gasteiger partial charge in [0.25, 0.3) is 0 Å². The summed E-state index contributed by atoms with van der Waals surface area (Å²) < 4.78 is 5.67. The van der Waals surface area contributed by atoms with Gasteiger partial charge in [0, 0.05) is 16.4 Å². The monoisotopic (exact) mass is 369 g/mol. The molecule has 0 spiro atoms. The molecule has 0 heterocycles. The average molecular weight is 371 g/mol. The van der Waals surface area contributed by atoms with Gasteiger partial charge in [0.15, 0.2) is 0 Å². The number of nitro groups is 1. The van der Waals surface area contributed by atoms with Crippen molar-refractivity contribution in [3.05, 3.63) is 62.2 Å². The quantitative estimate of drug-likeness (QED) is 0.402. The lowest BCUT2D eigenvalue weighted by Gasteiger charge is -2.10. The second kappa shape index (κ2) is 6.45. The maximum Gasteiger partial charge on any atom is 0.311 e. The molecule has 0 atom stereocenters. The number of benzene rings is 2. The Morgan fingerprint density at radius 2 is 1.86 bits per heavy atom. The summed E-state index contributed by atoms with van der Waals surface area (Å²) in [6.07, 6.45) is 0. The Hall–Kier alpha value is -1.59. The zero-order valence-corrected chi connectivity index (χ0v) is 13.9. The first-order chi connectivity index (χ1) is 9.92. The highest BCUT2D eigenvalue weighted by Crippen LogP contribution is 2.35. The lowest BCUT2D eigenvalue weighted by molar-refractivity contribution is -0.385. The number of halogens is 2. The maximum atomic E-state index is 11.2. The van der Waals surface area contributed by atoms with Crippen LogP contribution in [0, 0.1) is 24.0 Å². The van der Waals surface area contributed by atoms with E-state index in [1.807, 2.05) is 13.8 Å². The molecule has 0 fully saturated rings. The number of rotatable bonds is 4. The lowest BCUT2D eigenvalue weighted by atomic mass is 10.1. The van der Waals surface area contributed by atoms with Gasteiger partial charge in [-0.1, -0.05) is 33.6 Å². The van der Waals surface area contributed by atoms with E-state index in [9.17, 15) is 10.1 Å². The van der Waals surface area contributed by atoms with Gasteiger partial charge in [-0.15, -0.1) is 0 Å². The van der Waals surface area contributed by atoms with Crippen LogP contribution in [0.1, 0.15) is 16.7 Å². The zero-order chi connectivity index (χ0) is 15.6. The molecule has 2 aromatic rings. The minimum absolute atomic E-state index is 0.0581. The van der Waals surface area contributed by atoms with E-state index in [0.29, 0.717) is 16.1 Å². The third-order valence-electron chi connectivity index (χ3n) is 3.01. The molecule has 6 heteroatoms. The van der Waals surface area contributed by atoms with Gasteiger partial charge in [-0.05, 0) is 48.7 Å². The van der Waals surface area contributed by atoms with E-state index in [1.54, 1.807) is 24.3 Å². The predicted octanol–water partition coefficient (Wildman–Crippen LogP) is 5.55. The fraction of sp³-hybridized carbons (Fsp3) is 0.200. The second-order valence-corrected chi connectivity index (χ2v) is 5.60. The van der Waals surface area contributed by atoms with Gasteiger partial charge in [0.05, 0.1) is 4.92 Å². The van der Waals surface area contributed by atoms with Crippen molar-refractivity contribution in [2.75, 3.05) is 0 Å². The van der Waals surface area contributed by atoms with Crippen molar-refractivity contribution in [1.82, 2.24) is 0 Å². The van der Waals surface area contributed by atoms with Crippen molar-refractivity contribution in [2.45, 2.75) is 19.2 Å². The van der Waals surface area contributed by atoms with Gasteiger partial charge < -0.3 is 4.74 Å². The largest absolute Gasteiger partial charge is 0.450 e. The first-order valence-corrected chi connectivity index (χ1v) is 7.70. The molecule has 0 bridgehead atoms. The average Bonchev–Trinajstić information content (AvgIpc) is 2.44. The van der Waals surface area contributed by atoms with Gasteiger partial charge in [0.2, 0.25) is 5.75 Å². The summed E-state index contributed by atoms with van der Waals surface area (Å²) in [5.41, 5.74) is 2.49. The molecule has 0 aliphatic rings. The molecule has 0 amide bonds. The van der Waals surface area contributed by atoms with Crippen LogP contribution in [0.2, 0.25) is 5.02 Å². The molecule has 0 N–H and O–H groups in total.